The molecule has 9 nitrogen and oxygen atoms in total. The molecule has 1 aliphatic rings. The number of carbonyl (C=O) groups is 1. The van der Waals surface area contributed by atoms with Crippen molar-refractivity contribution >= 4 is 29.1 Å². The van der Waals surface area contributed by atoms with E-state index < -0.39 is 18.6 Å². The molecule has 4 rings (SSSR count). The second-order valence-electron chi connectivity index (χ2n) is 6.73. The van der Waals surface area contributed by atoms with Gasteiger partial charge < -0.3 is 20.1 Å². The number of alkyl halides is 2. The fraction of sp³-hybridized carbons (Fsp3) is 0.200. The Morgan fingerprint density at radius 1 is 1.25 bits per heavy atom. The van der Waals surface area contributed by atoms with Gasteiger partial charge in [0, 0.05) is 16.3 Å². The highest BCUT2D eigenvalue weighted by Crippen LogP contribution is 2.40. The lowest BCUT2D eigenvalue weighted by atomic mass is 9.94. The van der Waals surface area contributed by atoms with Gasteiger partial charge in [0.25, 0.3) is 5.91 Å². The fourth-order valence-corrected chi connectivity index (χ4v) is 3.65. The van der Waals surface area contributed by atoms with Crippen LogP contribution in [-0.2, 0) is 4.79 Å². The first-order valence-electron chi connectivity index (χ1n) is 9.33. The van der Waals surface area contributed by atoms with Crippen molar-refractivity contribution in [3.05, 3.63) is 64.3 Å². The van der Waals surface area contributed by atoms with Crippen molar-refractivity contribution in [2.24, 2.45) is 0 Å². The topological polar surface area (TPSA) is 103 Å². The van der Waals surface area contributed by atoms with E-state index in [2.05, 4.69) is 26.2 Å². The summed E-state index contributed by atoms with van der Waals surface area (Å²) in [6, 6.07) is 10.0. The molecule has 2 heterocycles. The number of halogens is 3. The minimum absolute atomic E-state index is 0.159. The molecule has 32 heavy (non-hydrogen) atoms. The highest BCUT2D eigenvalue weighted by atomic mass is 35.5. The Morgan fingerprint density at radius 3 is 2.78 bits per heavy atom. The first-order chi connectivity index (χ1) is 15.4. The van der Waals surface area contributed by atoms with E-state index in [4.69, 9.17) is 21.1 Å². The van der Waals surface area contributed by atoms with Crippen LogP contribution in [0.1, 0.15) is 18.5 Å². The van der Waals surface area contributed by atoms with Crippen molar-refractivity contribution in [3.63, 3.8) is 0 Å². The predicted octanol–water partition coefficient (Wildman–Crippen LogP) is 3.86. The summed E-state index contributed by atoms with van der Waals surface area (Å²) >= 11 is 6.15. The van der Waals surface area contributed by atoms with Crippen LogP contribution >= 0.6 is 11.6 Å². The van der Waals surface area contributed by atoms with E-state index in [1.54, 1.807) is 31.2 Å². The number of fused-ring (bicyclic) bond motifs is 1. The summed E-state index contributed by atoms with van der Waals surface area (Å²) < 4.78 is 37.5. The van der Waals surface area contributed by atoms with Crippen molar-refractivity contribution in [1.29, 1.82) is 0 Å². The average molecular weight is 463 g/mol. The number of aromatic nitrogens is 4. The molecule has 1 aliphatic heterocycles. The molecular weight excluding hydrogens is 446 g/mol. The minimum Gasteiger partial charge on any atom is -0.495 e. The van der Waals surface area contributed by atoms with Crippen molar-refractivity contribution < 1.29 is 23.0 Å². The third-order valence-corrected chi connectivity index (χ3v) is 5.03. The molecule has 0 aliphatic carbocycles. The summed E-state index contributed by atoms with van der Waals surface area (Å²) in [4.78, 5) is 13.4. The zero-order valence-corrected chi connectivity index (χ0v) is 17.6. The number of tetrazole rings is 1. The van der Waals surface area contributed by atoms with Gasteiger partial charge in [-0.15, -0.1) is 0 Å². The molecule has 166 valence electrons. The van der Waals surface area contributed by atoms with Gasteiger partial charge in [0.2, 0.25) is 5.95 Å². The first-order valence-corrected chi connectivity index (χ1v) is 9.71. The van der Waals surface area contributed by atoms with Gasteiger partial charge in [0.15, 0.2) is 0 Å². The first kappa shape index (κ1) is 21.5. The Balaban J connectivity index is 1.83. The van der Waals surface area contributed by atoms with E-state index in [1.807, 2.05) is 0 Å². The molecule has 12 heteroatoms. The summed E-state index contributed by atoms with van der Waals surface area (Å²) in [5, 5.41) is 17.5. The molecule has 1 amide bonds. The lowest BCUT2D eigenvalue weighted by Gasteiger charge is -2.29. The van der Waals surface area contributed by atoms with Crippen LogP contribution in [0.3, 0.4) is 0 Å². The standard InChI is InChI=1S/C20H17ClF2N6O3/c1-10-16(18(30)25-13-5-3-4-6-15(13)31-2)17(29-20(24-10)26-27-28-29)12-9-11(21)7-8-14(12)32-19(22)23/h3-9,17,19H,1-2H3,(H,25,30)(H,24,26,28)/t17-/m1/s1. The number of amides is 1. The number of allylic oxidation sites excluding steroid dienone is 1. The molecule has 0 bridgehead atoms. The zero-order chi connectivity index (χ0) is 22.8. The smallest absolute Gasteiger partial charge is 0.387 e. The van der Waals surface area contributed by atoms with E-state index in [9.17, 15) is 13.6 Å². The molecule has 1 aromatic heterocycles. The lowest BCUT2D eigenvalue weighted by molar-refractivity contribution is -0.113. The number of benzene rings is 2. The maximum absolute atomic E-state index is 13.4. The second kappa shape index (κ2) is 8.79. The van der Waals surface area contributed by atoms with Gasteiger partial charge in [0.05, 0.1) is 18.4 Å². The summed E-state index contributed by atoms with van der Waals surface area (Å²) in [6.07, 6.45) is 0. The zero-order valence-electron chi connectivity index (χ0n) is 16.8. The highest BCUT2D eigenvalue weighted by Gasteiger charge is 2.36. The third-order valence-electron chi connectivity index (χ3n) is 4.80. The van der Waals surface area contributed by atoms with E-state index in [-0.39, 0.29) is 27.9 Å². The third kappa shape index (κ3) is 4.06. The van der Waals surface area contributed by atoms with Crippen LogP contribution in [0.5, 0.6) is 11.5 Å². The van der Waals surface area contributed by atoms with Gasteiger partial charge in [-0.2, -0.15) is 13.5 Å². The summed E-state index contributed by atoms with van der Waals surface area (Å²) in [6.45, 7) is -1.43. The molecular formula is C20H17ClF2N6O3. The minimum atomic E-state index is -3.08. The van der Waals surface area contributed by atoms with Crippen molar-refractivity contribution in [1.82, 2.24) is 20.2 Å². The van der Waals surface area contributed by atoms with Gasteiger partial charge in [0.1, 0.15) is 17.5 Å². The molecule has 0 spiro atoms. The fourth-order valence-electron chi connectivity index (χ4n) is 3.47. The molecule has 0 saturated heterocycles. The number of rotatable bonds is 6. The van der Waals surface area contributed by atoms with Gasteiger partial charge in [-0.3, -0.25) is 4.79 Å². The number of nitrogens with zero attached hydrogens (tertiary/aromatic N) is 4. The highest BCUT2D eigenvalue weighted by molar-refractivity contribution is 6.30. The summed E-state index contributed by atoms with van der Waals surface area (Å²) in [5.74, 6) is -0.00177. The molecule has 1 atom stereocenters. The van der Waals surface area contributed by atoms with E-state index in [0.717, 1.165) is 0 Å². The predicted molar refractivity (Wildman–Crippen MR) is 112 cm³/mol. The van der Waals surface area contributed by atoms with Crippen LogP contribution in [0.25, 0.3) is 0 Å². The average Bonchev–Trinajstić information content (AvgIpc) is 3.22. The van der Waals surface area contributed by atoms with Crippen LogP contribution in [0.4, 0.5) is 20.4 Å². The number of para-hydroxylation sites is 2. The Labute approximate surface area is 186 Å². The van der Waals surface area contributed by atoms with Gasteiger partial charge in [-0.05, 0) is 47.7 Å². The molecule has 0 saturated carbocycles. The maximum atomic E-state index is 13.4. The Bertz CT molecular complexity index is 1200. The van der Waals surface area contributed by atoms with Crippen LogP contribution in [0.2, 0.25) is 5.02 Å². The molecule has 2 aromatic carbocycles. The number of anilines is 2. The molecule has 2 N–H and O–H groups in total. The largest absolute Gasteiger partial charge is 0.495 e. The van der Waals surface area contributed by atoms with Crippen LogP contribution < -0.4 is 20.1 Å². The normalized spacial score (nSPS) is 15.2. The summed E-state index contributed by atoms with van der Waals surface area (Å²) in [7, 11) is 1.48. The van der Waals surface area contributed by atoms with Gasteiger partial charge in [-0.1, -0.05) is 28.8 Å². The number of nitrogens with one attached hydrogen (secondary N) is 2. The molecule has 3 aromatic rings. The monoisotopic (exact) mass is 462 g/mol. The van der Waals surface area contributed by atoms with E-state index >= 15 is 0 Å². The Hall–Kier alpha value is -3.73. The number of carbonyl (C=O) groups excluding carboxylic acids is 1. The maximum Gasteiger partial charge on any atom is 0.387 e. The van der Waals surface area contributed by atoms with Gasteiger partial charge >= 0.3 is 6.61 Å². The van der Waals surface area contributed by atoms with Gasteiger partial charge in [-0.25, -0.2) is 0 Å². The van der Waals surface area contributed by atoms with Crippen LogP contribution in [0.15, 0.2) is 53.7 Å². The van der Waals surface area contributed by atoms with Crippen molar-refractivity contribution in [2.45, 2.75) is 19.6 Å². The second-order valence-corrected chi connectivity index (χ2v) is 7.16. The molecule has 0 unspecified atom stereocenters. The number of hydrogen-bond donors (Lipinski definition) is 2. The van der Waals surface area contributed by atoms with E-state index in [1.165, 1.54) is 30.0 Å². The number of ether oxygens (including phenoxy) is 2. The van der Waals surface area contributed by atoms with Crippen LogP contribution in [0, 0.1) is 0 Å². The van der Waals surface area contributed by atoms with E-state index in [0.29, 0.717) is 17.1 Å². The van der Waals surface area contributed by atoms with Crippen LogP contribution in [-0.4, -0.2) is 39.8 Å². The quantitative estimate of drug-likeness (QED) is 0.573. The lowest BCUT2D eigenvalue weighted by Crippen LogP contribution is -2.32. The number of methoxy groups -OCH3 is 1. The Kier molecular flexibility index (Phi) is 5.91. The molecule has 0 fully saturated rings. The molecule has 0 radical (unpaired) electrons. The van der Waals surface area contributed by atoms with Crippen molar-refractivity contribution in [2.75, 3.05) is 17.7 Å². The SMILES string of the molecule is COc1ccccc1NC(=O)C1=C(C)Nc2nnnn2[C@@H]1c1cc(Cl)ccc1OC(F)F. The summed E-state index contributed by atoms with van der Waals surface area (Å²) in [5.41, 5.74) is 1.22. The van der Waals surface area contributed by atoms with Crippen molar-refractivity contribution in [3.8, 4) is 11.5 Å². The Morgan fingerprint density at radius 2 is 2.03 bits per heavy atom. The number of hydrogen-bond acceptors (Lipinski definition) is 7.